The molecule has 2 N–H and O–H groups in total. The van der Waals surface area contributed by atoms with Crippen LogP contribution in [0.25, 0.3) is 0 Å². The number of carbonyl (C=O) groups is 1. The van der Waals surface area contributed by atoms with Gasteiger partial charge in [-0.1, -0.05) is 13.3 Å². The van der Waals surface area contributed by atoms with Crippen LogP contribution in [0.2, 0.25) is 0 Å². The van der Waals surface area contributed by atoms with Gasteiger partial charge < -0.3 is 10.6 Å². The molecular formula is C13H24N2OS. The maximum absolute atomic E-state index is 12.5. The maximum Gasteiger partial charge on any atom is 0.226 e. The van der Waals surface area contributed by atoms with Crippen molar-refractivity contribution in [3.8, 4) is 0 Å². The zero-order valence-electron chi connectivity index (χ0n) is 10.8. The van der Waals surface area contributed by atoms with Gasteiger partial charge in [0.05, 0.1) is 5.41 Å². The monoisotopic (exact) mass is 256 g/mol. The number of amides is 1. The summed E-state index contributed by atoms with van der Waals surface area (Å²) in [7, 11) is 0. The highest BCUT2D eigenvalue weighted by molar-refractivity contribution is 7.99. The van der Waals surface area contributed by atoms with E-state index in [4.69, 9.17) is 0 Å². The number of thioether (sulfide) groups is 1. The van der Waals surface area contributed by atoms with Crippen LogP contribution in [-0.2, 0) is 4.79 Å². The number of carbonyl (C=O) groups excluding carboxylic acids is 1. The van der Waals surface area contributed by atoms with E-state index in [0.29, 0.717) is 11.9 Å². The second-order valence-electron chi connectivity index (χ2n) is 5.31. The Morgan fingerprint density at radius 3 is 2.82 bits per heavy atom. The molecule has 0 saturated carbocycles. The van der Waals surface area contributed by atoms with Crippen molar-refractivity contribution >= 4 is 17.7 Å². The molecule has 0 bridgehead atoms. The lowest BCUT2D eigenvalue weighted by molar-refractivity contribution is -0.133. The number of nitrogens with one attached hydrogen (secondary N) is 2. The first-order valence-electron chi connectivity index (χ1n) is 6.86. The third-order valence-electron chi connectivity index (χ3n) is 4.04. The summed E-state index contributed by atoms with van der Waals surface area (Å²) in [6.07, 6.45) is 5.31. The summed E-state index contributed by atoms with van der Waals surface area (Å²) in [5.41, 5.74) is -0.0761. The van der Waals surface area contributed by atoms with Crippen molar-refractivity contribution in [1.82, 2.24) is 10.6 Å². The summed E-state index contributed by atoms with van der Waals surface area (Å²) in [5, 5.41) is 6.65. The van der Waals surface area contributed by atoms with E-state index in [1.807, 2.05) is 11.8 Å². The van der Waals surface area contributed by atoms with Gasteiger partial charge in [0.15, 0.2) is 0 Å². The Kier molecular flexibility index (Phi) is 4.74. The fourth-order valence-corrected chi connectivity index (χ4v) is 4.11. The van der Waals surface area contributed by atoms with Crippen LogP contribution < -0.4 is 10.6 Å². The van der Waals surface area contributed by atoms with Crippen LogP contribution in [0.15, 0.2) is 0 Å². The SMILES string of the molecule is CCCC1(C(=O)NC2CCSC2)CCNCC1. The maximum atomic E-state index is 12.5. The molecule has 0 aromatic rings. The second-order valence-corrected chi connectivity index (χ2v) is 6.46. The number of hydrogen-bond acceptors (Lipinski definition) is 3. The van der Waals surface area contributed by atoms with Crippen LogP contribution in [0.5, 0.6) is 0 Å². The Morgan fingerprint density at radius 2 is 2.24 bits per heavy atom. The highest BCUT2D eigenvalue weighted by atomic mass is 32.2. The van der Waals surface area contributed by atoms with Crippen LogP contribution in [-0.4, -0.2) is 36.5 Å². The van der Waals surface area contributed by atoms with Gasteiger partial charge in [0, 0.05) is 11.8 Å². The van der Waals surface area contributed by atoms with Gasteiger partial charge in [-0.15, -0.1) is 0 Å². The van der Waals surface area contributed by atoms with Crippen molar-refractivity contribution in [2.24, 2.45) is 5.41 Å². The largest absolute Gasteiger partial charge is 0.352 e. The molecule has 0 aromatic carbocycles. The van der Waals surface area contributed by atoms with Gasteiger partial charge in [0.25, 0.3) is 0 Å². The lowest BCUT2D eigenvalue weighted by atomic mass is 9.74. The molecule has 0 radical (unpaired) electrons. The molecule has 2 rings (SSSR count). The van der Waals surface area contributed by atoms with E-state index in [9.17, 15) is 4.79 Å². The molecule has 3 nitrogen and oxygen atoms in total. The molecule has 1 unspecified atom stereocenters. The normalized spacial score (nSPS) is 27.9. The standard InChI is InChI=1S/C13H24N2OS/c1-2-4-13(5-7-14-8-6-13)12(16)15-11-3-9-17-10-11/h11,14H,2-10H2,1H3,(H,15,16). The Labute approximate surface area is 108 Å². The van der Waals surface area contributed by atoms with Crippen LogP contribution in [0.3, 0.4) is 0 Å². The molecule has 2 aliphatic rings. The first-order valence-corrected chi connectivity index (χ1v) is 8.02. The van der Waals surface area contributed by atoms with E-state index in [2.05, 4.69) is 17.6 Å². The fourth-order valence-electron chi connectivity index (χ4n) is 2.96. The molecule has 0 aromatic heterocycles. The third-order valence-corrected chi connectivity index (χ3v) is 5.20. The first-order chi connectivity index (χ1) is 8.27. The highest BCUT2D eigenvalue weighted by Crippen LogP contribution is 2.34. The lowest BCUT2D eigenvalue weighted by Crippen LogP contribution is -2.50. The summed E-state index contributed by atoms with van der Waals surface area (Å²) in [5.74, 6) is 2.63. The van der Waals surface area contributed by atoms with Gasteiger partial charge in [0.2, 0.25) is 5.91 Å². The van der Waals surface area contributed by atoms with Crippen molar-refractivity contribution in [2.75, 3.05) is 24.6 Å². The molecule has 1 atom stereocenters. The number of piperidine rings is 1. The van der Waals surface area contributed by atoms with Gasteiger partial charge in [-0.3, -0.25) is 4.79 Å². The van der Waals surface area contributed by atoms with Crippen molar-refractivity contribution in [2.45, 2.75) is 45.1 Å². The van der Waals surface area contributed by atoms with Crippen LogP contribution in [0.4, 0.5) is 0 Å². The quantitative estimate of drug-likeness (QED) is 0.805. The smallest absolute Gasteiger partial charge is 0.226 e. The molecule has 2 saturated heterocycles. The van der Waals surface area contributed by atoms with Crippen LogP contribution in [0.1, 0.15) is 39.0 Å². The van der Waals surface area contributed by atoms with Crippen molar-refractivity contribution < 1.29 is 4.79 Å². The zero-order valence-corrected chi connectivity index (χ0v) is 11.6. The molecule has 98 valence electrons. The van der Waals surface area contributed by atoms with E-state index in [0.717, 1.165) is 50.9 Å². The van der Waals surface area contributed by atoms with E-state index in [1.165, 1.54) is 5.75 Å². The van der Waals surface area contributed by atoms with Gasteiger partial charge in [-0.25, -0.2) is 0 Å². The van der Waals surface area contributed by atoms with Crippen molar-refractivity contribution in [1.29, 1.82) is 0 Å². The second kappa shape index (κ2) is 6.10. The minimum absolute atomic E-state index is 0.0761. The predicted octanol–water partition coefficient (Wildman–Crippen LogP) is 1.78. The molecule has 2 fully saturated rings. The molecular weight excluding hydrogens is 232 g/mol. The highest BCUT2D eigenvalue weighted by Gasteiger charge is 2.39. The number of rotatable bonds is 4. The van der Waals surface area contributed by atoms with E-state index >= 15 is 0 Å². The molecule has 0 spiro atoms. The third kappa shape index (κ3) is 3.16. The summed E-state index contributed by atoms with van der Waals surface area (Å²) < 4.78 is 0. The van der Waals surface area contributed by atoms with Gasteiger partial charge in [-0.2, -0.15) is 11.8 Å². The molecule has 1 amide bonds. The zero-order chi connectivity index (χ0) is 12.1. The Hall–Kier alpha value is -0.220. The Bertz CT molecular complexity index is 253. The lowest BCUT2D eigenvalue weighted by Gasteiger charge is -2.37. The van der Waals surface area contributed by atoms with Crippen molar-refractivity contribution in [3.05, 3.63) is 0 Å². The van der Waals surface area contributed by atoms with Gasteiger partial charge in [-0.05, 0) is 44.5 Å². The Morgan fingerprint density at radius 1 is 1.47 bits per heavy atom. The molecule has 2 aliphatic heterocycles. The van der Waals surface area contributed by atoms with Crippen LogP contribution in [0, 0.1) is 5.41 Å². The minimum Gasteiger partial charge on any atom is -0.352 e. The number of hydrogen-bond donors (Lipinski definition) is 2. The predicted molar refractivity (Wildman–Crippen MR) is 73.3 cm³/mol. The topological polar surface area (TPSA) is 41.1 Å². The average Bonchev–Trinajstić information content (AvgIpc) is 2.83. The van der Waals surface area contributed by atoms with Crippen LogP contribution >= 0.6 is 11.8 Å². The summed E-state index contributed by atoms with van der Waals surface area (Å²) in [4.78, 5) is 12.5. The van der Waals surface area contributed by atoms with Gasteiger partial charge >= 0.3 is 0 Å². The molecule has 2 heterocycles. The fraction of sp³-hybridized carbons (Fsp3) is 0.923. The summed E-state index contributed by atoms with van der Waals surface area (Å²) in [6.45, 7) is 4.17. The molecule has 0 aliphatic carbocycles. The van der Waals surface area contributed by atoms with Crippen molar-refractivity contribution in [3.63, 3.8) is 0 Å². The summed E-state index contributed by atoms with van der Waals surface area (Å²) in [6, 6.07) is 0.427. The first kappa shape index (κ1) is 13.2. The summed E-state index contributed by atoms with van der Waals surface area (Å²) >= 11 is 1.96. The van der Waals surface area contributed by atoms with E-state index in [1.54, 1.807) is 0 Å². The average molecular weight is 256 g/mol. The Balaban J connectivity index is 1.96. The van der Waals surface area contributed by atoms with E-state index < -0.39 is 0 Å². The molecule has 4 heteroatoms. The minimum atomic E-state index is -0.0761. The van der Waals surface area contributed by atoms with Gasteiger partial charge in [0.1, 0.15) is 0 Å². The van der Waals surface area contributed by atoms with E-state index in [-0.39, 0.29) is 5.41 Å². The molecule has 17 heavy (non-hydrogen) atoms.